The summed E-state index contributed by atoms with van der Waals surface area (Å²) in [7, 11) is 0. The fraction of sp³-hybridized carbons (Fsp3) is 0.571. The van der Waals surface area contributed by atoms with Gasteiger partial charge in [0.2, 0.25) is 0 Å². The van der Waals surface area contributed by atoms with Crippen LogP contribution in [0.2, 0.25) is 0 Å². The third-order valence-electron chi connectivity index (χ3n) is 3.19. The molecule has 0 aliphatic rings. The summed E-state index contributed by atoms with van der Waals surface area (Å²) >= 11 is 0. The number of hydrogen-bond acceptors (Lipinski definition) is 2. The van der Waals surface area contributed by atoms with Gasteiger partial charge >= 0.3 is 6.18 Å². The van der Waals surface area contributed by atoms with Gasteiger partial charge in [0.1, 0.15) is 0 Å². The van der Waals surface area contributed by atoms with Crippen molar-refractivity contribution in [1.82, 2.24) is 0 Å². The Morgan fingerprint density at radius 1 is 1.21 bits per heavy atom. The lowest BCUT2D eigenvalue weighted by Crippen LogP contribution is -2.36. The van der Waals surface area contributed by atoms with Crippen LogP contribution in [-0.4, -0.2) is 11.1 Å². The molecule has 5 heteroatoms. The first-order chi connectivity index (χ1) is 8.51. The third-order valence-corrected chi connectivity index (χ3v) is 3.19. The van der Waals surface area contributed by atoms with Crippen LogP contribution in [-0.2, 0) is 6.18 Å². The standard InChI is InChI=1S/C14H20F3NO/c1-13(2,3)12(18)8-11(19)9-5-4-6-10(7-9)14(15,16)17/h4-7,11-12,19H,8,18H2,1-3H3/t11-,12-/m0/s1. The van der Waals surface area contributed by atoms with E-state index in [0.717, 1.165) is 12.1 Å². The molecule has 2 nitrogen and oxygen atoms in total. The van der Waals surface area contributed by atoms with E-state index in [-0.39, 0.29) is 23.4 Å². The Hall–Kier alpha value is -1.07. The van der Waals surface area contributed by atoms with Crippen molar-refractivity contribution in [1.29, 1.82) is 0 Å². The number of benzene rings is 1. The Morgan fingerprint density at radius 3 is 2.26 bits per heavy atom. The number of nitrogens with two attached hydrogens (primary N) is 1. The fourth-order valence-electron chi connectivity index (χ4n) is 1.65. The predicted octanol–water partition coefficient (Wildman–Crippen LogP) is 3.50. The highest BCUT2D eigenvalue weighted by Crippen LogP contribution is 2.32. The second-order valence-corrected chi connectivity index (χ2v) is 5.85. The fourth-order valence-corrected chi connectivity index (χ4v) is 1.65. The van der Waals surface area contributed by atoms with Crippen LogP contribution in [0.5, 0.6) is 0 Å². The summed E-state index contributed by atoms with van der Waals surface area (Å²) in [6, 6.07) is 4.44. The molecule has 2 atom stereocenters. The van der Waals surface area contributed by atoms with Crippen LogP contribution in [0.15, 0.2) is 24.3 Å². The molecule has 0 saturated carbocycles. The van der Waals surface area contributed by atoms with Gasteiger partial charge in [-0.15, -0.1) is 0 Å². The Morgan fingerprint density at radius 2 is 1.79 bits per heavy atom. The number of aliphatic hydroxyl groups excluding tert-OH is 1. The molecule has 0 aromatic heterocycles. The van der Waals surface area contributed by atoms with Crippen molar-refractivity contribution in [3.8, 4) is 0 Å². The van der Waals surface area contributed by atoms with Crippen LogP contribution in [0, 0.1) is 5.41 Å². The zero-order valence-electron chi connectivity index (χ0n) is 11.3. The van der Waals surface area contributed by atoms with E-state index in [1.165, 1.54) is 12.1 Å². The molecule has 1 aromatic carbocycles. The van der Waals surface area contributed by atoms with Gasteiger partial charge in [-0.25, -0.2) is 0 Å². The number of alkyl halides is 3. The lowest BCUT2D eigenvalue weighted by Gasteiger charge is -2.29. The van der Waals surface area contributed by atoms with Gasteiger partial charge in [-0.3, -0.25) is 0 Å². The first kappa shape index (κ1) is 16.0. The minimum atomic E-state index is -4.40. The maximum Gasteiger partial charge on any atom is 0.416 e. The van der Waals surface area contributed by atoms with Gasteiger partial charge in [0.05, 0.1) is 11.7 Å². The first-order valence-electron chi connectivity index (χ1n) is 6.12. The van der Waals surface area contributed by atoms with Crippen molar-refractivity contribution in [3.63, 3.8) is 0 Å². The van der Waals surface area contributed by atoms with E-state index < -0.39 is 17.8 Å². The largest absolute Gasteiger partial charge is 0.416 e. The molecule has 0 saturated heterocycles. The SMILES string of the molecule is CC(C)(C)[C@@H](N)C[C@H](O)c1cccc(C(F)(F)F)c1. The van der Waals surface area contributed by atoms with Crippen LogP contribution in [0.25, 0.3) is 0 Å². The van der Waals surface area contributed by atoms with Crippen molar-refractivity contribution in [2.45, 2.75) is 45.5 Å². The summed E-state index contributed by atoms with van der Waals surface area (Å²) in [5, 5.41) is 10.00. The second-order valence-electron chi connectivity index (χ2n) is 5.85. The van der Waals surface area contributed by atoms with Gasteiger partial charge in [-0.1, -0.05) is 32.9 Å². The van der Waals surface area contributed by atoms with Crippen LogP contribution in [0.1, 0.15) is 44.4 Å². The van der Waals surface area contributed by atoms with Crippen LogP contribution in [0.4, 0.5) is 13.2 Å². The molecule has 19 heavy (non-hydrogen) atoms. The van der Waals surface area contributed by atoms with Crippen LogP contribution >= 0.6 is 0 Å². The lowest BCUT2D eigenvalue weighted by molar-refractivity contribution is -0.137. The minimum absolute atomic E-state index is 0.206. The van der Waals surface area contributed by atoms with Gasteiger partial charge in [0.25, 0.3) is 0 Å². The smallest absolute Gasteiger partial charge is 0.388 e. The zero-order valence-corrected chi connectivity index (χ0v) is 11.3. The molecule has 0 amide bonds. The van der Waals surface area contributed by atoms with Gasteiger partial charge in [-0.2, -0.15) is 13.2 Å². The van der Waals surface area contributed by atoms with Gasteiger partial charge in [0, 0.05) is 6.04 Å². The van der Waals surface area contributed by atoms with Crippen LogP contribution in [0.3, 0.4) is 0 Å². The molecule has 0 bridgehead atoms. The molecule has 0 fully saturated rings. The highest BCUT2D eigenvalue weighted by molar-refractivity contribution is 5.27. The van der Waals surface area contributed by atoms with Gasteiger partial charge < -0.3 is 10.8 Å². The van der Waals surface area contributed by atoms with Crippen molar-refractivity contribution in [2.24, 2.45) is 11.1 Å². The summed E-state index contributed by atoms with van der Waals surface area (Å²) < 4.78 is 37.7. The molecule has 3 N–H and O–H groups in total. The maximum atomic E-state index is 12.6. The van der Waals surface area contributed by atoms with E-state index in [9.17, 15) is 18.3 Å². The highest BCUT2D eigenvalue weighted by atomic mass is 19.4. The van der Waals surface area contributed by atoms with Crippen molar-refractivity contribution in [2.75, 3.05) is 0 Å². The molecule has 1 aromatic rings. The van der Waals surface area contributed by atoms with E-state index in [4.69, 9.17) is 5.73 Å². The van der Waals surface area contributed by atoms with E-state index in [0.29, 0.717) is 0 Å². The summed E-state index contributed by atoms with van der Waals surface area (Å²) in [4.78, 5) is 0. The average molecular weight is 275 g/mol. The molecule has 0 aliphatic heterocycles. The minimum Gasteiger partial charge on any atom is -0.388 e. The topological polar surface area (TPSA) is 46.2 Å². The molecule has 0 unspecified atom stereocenters. The molecule has 1 rings (SSSR count). The van der Waals surface area contributed by atoms with Crippen molar-refractivity contribution in [3.05, 3.63) is 35.4 Å². The number of halogens is 3. The second kappa shape index (κ2) is 5.51. The Labute approximate surface area is 111 Å². The molecular weight excluding hydrogens is 255 g/mol. The molecule has 0 heterocycles. The summed E-state index contributed by atoms with van der Waals surface area (Å²) in [6.07, 6.45) is -5.16. The molecule has 0 spiro atoms. The first-order valence-corrected chi connectivity index (χ1v) is 6.12. The van der Waals surface area contributed by atoms with Crippen molar-refractivity contribution >= 4 is 0 Å². The monoisotopic (exact) mass is 275 g/mol. The van der Waals surface area contributed by atoms with Gasteiger partial charge in [0.15, 0.2) is 0 Å². The molecular formula is C14H20F3NO. The summed E-state index contributed by atoms with van der Waals surface area (Å²) in [5.74, 6) is 0. The van der Waals surface area contributed by atoms with E-state index in [1.807, 2.05) is 20.8 Å². The average Bonchev–Trinajstić information content (AvgIpc) is 2.26. The molecule has 0 radical (unpaired) electrons. The third kappa shape index (κ3) is 4.51. The van der Waals surface area contributed by atoms with Gasteiger partial charge in [-0.05, 0) is 29.5 Å². The normalized spacial score (nSPS) is 16.2. The van der Waals surface area contributed by atoms with Crippen LogP contribution < -0.4 is 5.73 Å². The lowest BCUT2D eigenvalue weighted by atomic mass is 9.83. The Bertz CT molecular complexity index is 423. The molecule has 0 aliphatic carbocycles. The van der Waals surface area contributed by atoms with Crippen molar-refractivity contribution < 1.29 is 18.3 Å². The Kier molecular flexibility index (Phi) is 4.63. The molecule has 108 valence electrons. The predicted molar refractivity (Wildman–Crippen MR) is 68.5 cm³/mol. The Balaban J connectivity index is 2.86. The quantitative estimate of drug-likeness (QED) is 0.886. The maximum absolute atomic E-state index is 12.6. The number of hydrogen-bond donors (Lipinski definition) is 2. The summed E-state index contributed by atoms with van der Waals surface area (Å²) in [5.41, 5.74) is 5.21. The zero-order chi connectivity index (χ0) is 14.8. The number of aliphatic hydroxyl groups is 1. The van der Waals surface area contributed by atoms with E-state index in [2.05, 4.69) is 0 Å². The van der Waals surface area contributed by atoms with E-state index in [1.54, 1.807) is 0 Å². The summed E-state index contributed by atoms with van der Waals surface area (Å²) in [6.45, 7) is 5.78. The number of rotatable bonds is 3. The highest BCUT2D eigenvalue weighted by Gasteiger charge is 2.31. The van der Waals surface area contributed by atoms with E-state index >= 15 is 0 Å².